The van der Waals surface area contributed by atoms with Crippen molar-refractivity contribution in [2.75, 3.05) is 18.0 Å². The van der Waals surface area contributed by atoms with Crippen LogP contribution in [0.15, 0.2) is 42.5 Å². The maximum atomic E-state index is 12.8. The molecule has 0 spiro atoms. The highest BCUT2D eigenvalue weighted by Crippen LogP contribution is 2.31. The average Bonchev–Trinajstić information content (AvgIpc) is 3.42. The molecule has 1 saturated carbocycles. The van der Waals surface area contributed by atoms with Gasteiger partial charge in [-0.15, -0.1) is 0 Å². The van der Waals surface area contributed by atoms with Crippen molar-refractivity contribution in [3.8, 4) is 5.69 Å². The number of carbonyl (C=O) groups is 1. The molecule has 1 amide bonds. The molecular formula is C26H32N4O. The molecule has 0 unspecified atom stereocenters. The number of anilines is 1. The zero-order valence-electron chi connectivity index (χ0n) is 18.6. The Morgan fingerprint density at radius 1 is 0.968 bits per heavy atom. The lowest BCUT2D eigenvalue weighted by molar-refractivity contribution is -0.126. The number of hydrogen-bond donors (Lipinski definition) is 1. The van der Waals surface area contributed by atoms with Crippen LogP contribution < -0.4 is 10.2 Å². The Hall–Kier alpha value is -2.82. The molecule has 0 atom stereocenters. The second kappa shape index (κ2) is 8.37. The fourth-order valence-electron chi connectivity index (χ4n) is 5.09. The van der Waals surface area contributed by atoms with E-state index in [1.165, 1.54) is 24.0 Å². The standard InChI is InChI=1S/C26H32N4O/c1-18-16-23-24(17-19(18)2)30(22-10-4-3-5-11-22)26(28-23)29-14-12-20(13-15-29)25(31)27-21-8-6-7-9-21/h3-5,10-11,16-17,20-21H,6-9,12-15H2,1-2H3,(H,27,31). The number of hydrogen-bond acceptors (Lipinski definition) is 3. The number of aromatic nitrogens is 2. The number of para-hydroxylation sites is 1. The molecule has 31 heavy (non-hydrogen) atoms. The molecule has 5 rings (SSSR count). The van der Waals surface area contributed by atoms with Crippen LogP contribution in [0.25, 0.3) is 16.7 Å². The van der Waals surface area contributed by atoms with Crippen molar-refractivity contribution in [1.29, 1.82) is 0 Å². The van der Waals surface area contributed by atoms with Crippen molar-refractivity contribution in [1.82, 2.24) is 14.9 Å². The maximum Gasteiger partial charge on any atom is 0.223 e. The zero-order chi connectivity index (χ0) is 21.4. The van der Waals surface area contributed by atoms with Crippen molar-refractivity contribution >= 4 is 22.9 Å². The number of carbonyl (C=O) groups excluding carboxylic acids is 1. The monoisotopic (exact) mass is 416 g/mol. The molecule has 2 fully saturated rings. The topological polar surface area (TPSA) is 50.2 Å². The molecule has 1 aromatic heterocycles. The van der Waals surface area contributed by atoms with Crippen LogP contribution in [0.5, 0.6) is 0 Å². The van der Waals surface area contributed by atoms with Crippen LogP contribution in [-0.2, 0) is 4.79 Å². The van der Waals surface area contributed by atoms with Gasteiger partial charge in [-0.3, -0.25) is 9.36 Å². The molecule has 1 aliphatic carbocycles. The highest BCUT2D eigenvalue weighted by molar-refractivity contribution is 5.83. The van der Waals surface area contributed by atoms with Gasteiger partial charge in [0, 0.05) is 30.7 Å². The number of rotatable bonds is 4. The predicted octanol–water partition coefficient (Wildman–Crippen LogP) is 4.92. The van der Waals surface area contributed by atoms with Crippen LogP contribution in [-0.4, -0.2) is 34.6 Å². The summed E-state index contributed by atoms with van der Waals surface area (Å²) in [5, 5.41) is 3.30. The quantitative estimate of drug-likeness (QED) is 0.657. The van der Waals surface area contributed by atoms with Gasteiger partial charge in [-0.05, 0) is 74.9 Å². The van der Waals surface area contributed by atoms with E-state index < -0.39 is 0 Å². The number of piperidine rings is 1. The van der Waals surface area contributed by atoms with Crippen molar-refractivity contribution in [2.45, 2.75) is 58.4 Å². The second-order valence-electron chi connectivity index (χ2n) is 9.26. The van der Waals surface area contributed by atoms with Gasteiger partial charge in [0.1, 0.15) is 0 Å². The summed E-state index contributed by atoms with van der Waals surface area (Å²) in [4.78, 5) is 20.2. The van der Waals surface area contributed by atoms with Gasteiger partial charge in [0.15, 0.2) is 0 Å². The average molecular weight is 417 g/mol. The summed E-state index contributed by atoms with van der Waals surface area (Å²) in [6.45, 7) is 6.02. The van der Waals surface area contributed by atoms with E-state index in [-0.39, 0.29) is 11.8 Å². The molecule has 0 bridgehead atoms. The Morgan fingerprint density at radius 3 is 2.35 bits per heavy atom. The first-order chi connectivity index (χ1) is 15.1. The van der Waals surface area contributed by atoms with E-state index in [1.807, 2.05) is 6.07 Å². The van der Waals surface area contributed by atoms with Crippen LogP contribution in [0.4, 0.5) is 5.95 Å². The van der Waals surface area contributed by atoms with Gasteiger partial charge in [0.05, 0.1) is 11.0 Å². The Morgan fingerprint density at radius 2 is 1.65 bits per heavy atom. The number of fused-ring (bicyclic) bond motifs is 1. The second-order valence-corrected chi connectivity index (χ2v) is 9.26. The SMILES string of the molecule is Cc1cc2nc(N3CCC(C(=O)NC4CCCC4)CC3)n(-c3ccccc3)c2cc1C. The van der Waals surface area contributed by atoms with Crippen LogP contribution >= 0.6 is 0 Å². The largest absolute Gasteiger partial charge is 0.353 e. The highest BCUT2D eigenvalue weighted by atomic mass is 16.1. The minimum atomic E-state index is 0.121. The lowest BCUT2D eigenvalue weighted by Crippen LogP contribution is -2.43. The molecule has 1 N–H and O–H groups in total. The number of imidazole rings is 1. The van der Waals surface area contributed by atoms with E-state index in [4.69, 9.17) is 4.98 Å². The van der Waals surface area contributed by atoms with Gasteiger partial charge in [-0.2, -0.15) is 0 Å². The molecule has 2 heterocycles. The van der Waals surface area contributed by atoms with E-state index in [0.29, 0.717) is 6.04 Å². The third-order valence-corrected chi connectivity index (χ3v) is 7.12. The summed E-state index contributed by atoms with van der Waals surface area (Å²) in [5.74, 6) is 1.37. The van der Waals surface area contributed by atoms with Crippen LogP contribution in [0.2, 0.25) is 0 Å². The molecule has 5 heteroatoms. The summed E-state index contributed by atoms with van der Waals surface area (Å²) in [7, 11) is 0. The van der Waals surface area contributed by atoms with Crippen LogP contribution in [0.1, 0.15) is 49.7 Å². The molecule has 5 nitrogen and oxygen atoms in total. The van der Waals surface area contributed by atoms with E-state index in [9.17, 15) is 4.79 Å². The smallest absolute Gasteiger partial charge is 0.223 e. The number of aryl methyl sites for hydroxylation is 2. The van der Waals surface area contributed by atoms with Crippen molar-refractivity contribution < 1.29 is 4.79 Å². The summed E-state index contributed by atoms with van der Waals surface area (Å²) in [5.41, 5.74) is 5.84. The number of benzene rings is 2. The van der Waals surface area contributed by atoms with Gasteiger partial charge in [-0.25, -0.2) is 4.98 Å². The van der Waals surface area contributed by atoms with E-state index in [0.717, 1.165) is 61.4 Å². The number of nitrogens with zero attached hydrogens (tertiary/aromatic N) is 3. The highest BCUT2D eigenvalue weighted by Gasteiger charge is 2.29. The van der Waals surface area contributed by atoms with Gasteiger partial charge < -0.3 is 10.2 Å². The summed E-state index contributed by atoms with van der Waals surface area (Å²) in [6, 6.07) is 15.3. The molecular weight excluding hydrogens is 384 g/mol. The summed E-state index contributed by atoms with van der Waals surface area (Å²) in [6.07, 6.45) is 6.55. The lowest BCUT2D eigenvalue weighted by atomic mass is 9.95. The first kappa shape index (κ1) is 20.1. The molecule has 1 aliphatic heterocycles. The van der Waals surface area contributed by atoms with Crippen LogP contribution in [0.3, 0.4) is 0 Å². The van der Waals surface area contributed by atoms with E-state index >= 15 is 0 Å². The Balaban J connectivity index is 1.41. The minimum absolute atomic E-state index is 0.121. The Kier molecular flexibility index (Phi) is 5.43. The van der Waals surface area contributed by atoms with E-state index in [1.54, 1.807) is 0 Å². The first-order valence-electron chi connectivity index (χ1n) is 11.7. The van der Waals surface area contributed by atoms with Gasteiger partial charge in [0.25, 0.3) is 0 Å². The lowest BCUT2D eigenvalue weighted by Gasteiger charge is -2.33. The van der Waals surface area contributed by atoms with Gasteiger partial charge >= 0.3 is 0 Å². The third-order valence-electron chi connectivity index (χ3n) is 7.12. The molecule has 0 radical (unpaired) electrons. The third kappa shape index (κ3) is 3.93. The fraction of sp³-hybridized carbons (Fsp3) is 0.462. The summed E-state index contributed by atoms with van der Waals surface area (Å²) >= 11 is 0. The normalized spacial score (nSPS) is 18.1. The van der Waals surface area contributed by atoms with Gasteiger partial charge in [0.2, 0.25) is 11.9 Å². The van der Waals surface area contributed by atoms with Crippen molar-refractivity contribution in [3.05, 3.63) is 53.6 Å². The Bertz CT molecular complexity index is 1070. The fourth-order valence-corrected chi connectivity index (χ4v) is 5.09. The molecule has 3 aromatic rings. The Labute approximate surface area is 184 Å². The minimum Gasteiger partial charge on any atom is -0.353 e. The predicted molar refractivity (Wildman–Crippen MR) is 126 cm³/mol. The zero-order valence-corrected chi connectivity index (χ0v) is 18.6. The first-order valence-corrected chi connectivity index (χ1v) is 11.7. The molecule has 1 saturated heterocycles. The van der Waals surface area contributed by atoms with Crippen molar-refractivity contribution in [2.24, 2.45) is 5.92 Å². The molecule has 162 valence electrons. The number of amides is 1. The maximum absolute atomic E-state index is 12.8. The van der Waals surface area contributed by atoms with Crippen molar-refractivity contribution in [3.63, 3.8) is 0 Å². The number of nitrogens with one attached hydrogen (secondary N) is 1. The molecule has 2 aromatic carbocycles. The van der Waals surface area contributed by atoms with E-state index in [2.05, 4.69) is 65.0 Å². The van der Waals surface area contributed by atoms with Gasteiger partial charge in [-0.1, -0.05) is 31.0 Å². The summed E-state index contributed by atoms with van der Waals surface area (Å²) < 4.78 is 2.28. The van der Waals surface area contributed by atoms with Crippen LogP contribution in [0, 0.1) is 19.8 Å². The molecule has 2 aliphatic rings.